The second kappa shape index (κ2) is 6.50. The summed E-state index contributed by atoms with van der Waals surface area (Å²) in [4.78, 5) is 16.2. The standard InChI is InChI=1S/C17H15NO2S/c19-17(11-10-13-6-2-1-3-7-13)20-12-16-18-14-8-4-5-9-15(14)21-16/h1-9H,10-12H2. The van der Waals surface area contributed by atoms with Crippen LogP contribution < -0.4 is 0 Å². The van der Waals surface area contributed by atoms with E-state index in [1.165, 1.54) is 0 Å². The maximum Gasteiger partial charge on any atom is 0.306 e. The van der Waals surface area contributed by atoms with Crippen LogP contribution in [0.3, 0.4) is 0 Å². The predicted octanol–water partition coefficient (Wildman–Crippen LogP) is 3.97. The molecule has 0 aliphatic carbocycles. The molecule has 0 aliphatic heterocycles. The molecular weight excluding hydrogens is 282 g/mol. The Kier molecular flexibility index (Phi) is 4.26. The Bertz CT molecular complexity index is 704. The molecule has 0 saturated carbocycles. The number of hydrogen-bond acceptors (Lipinski definition) is 4. The van der Waals surface area contributed by atoms with Gasteiger partial charge in [-0.2, -0.15) is 0 Å². The third-order valence-corrected chi connectivity index (χ3v) is 4.17. The molecule has 3 nitrogen and oxygen atoms in total. The first-order chi connectivity index (χ1) is 10.3. The first-order valence-electron chi connectivity index (χ1n) is 6.85. The summed E-state index contributed by atoms with van der Waals surface area (Å²) < 4.78 is 6.41. The summed E-state index contributed by atoms with van der Waals surface area (Å²) in [7, 11) is 0. The van der Waals surface area contributed by atoms with Crippen LogP contribution in [0.2, 0.25) is 0 Å². The van der Waals surface area contributed by atoms with E-state index in [9.17, 15) is 4.79 Å². The smallest absolute Gasteiger partial charge is 0.306 e. The van der Waals surface area contributed by atoms with E-state index >= 15 is 0 Å². The van der Waals surface area contributed by atoms with Gasteiger partial charge in [0.15, 0.2) is 0 Å². The van der Waals surface area contributed by atoms with Crippen molar-refractivity contribution in [3.63, 3.8) is 0 Å². The monoisotopic (exact) mass is 297 g/mol. The summed E-state index contributed by atoms with van der Waals surface area (Å²) in [5.41, 5.74) is 2.10. The Labute approximate surface area is 127 Å². The number of rotatable bonds is 5. The van der Waals surface area contributed by atoms with Gasteiger partial charge in [0.1, 0.15) is 11.6 Å². The number of para-hydroxylation sites is 1. The molecule has 0 saturated heterocycles. The molecule has 0 fully saturated rings. The average Bonchev–Trinajstić information content (AvgIpc) is 2.95. The Morgan fingerprint density at radius 2 is 1.81 bits per heavy atom. The summed E-state index contributed by atoms with van der Waals surface area (Å²) in [5.74, 6) is -0.182. The van der Waals surface area contributed by atoms with Crippen molar-refractivity contribution in [3.05, 3.63) is 65.2 Å². The molecule has 0 atom stereocenters. The summed E-state index contributed by atoms with van der Waals surface area (Å²) >= 11 is 1.57. The number of carbonyl (C=O) groups is 1. The quantitative estimate of drug-likeness (QED) is 0.669. The van der Waals surface area contributed by atoms with Crippen molar-refractivity contribution in [3.8, 4) is 0 Å². The van der Waals surface area contributed by atoms with Crippen molar-refractivity contribution < 1.29 is 9.53 Å². The molecule has 0 bridgehead atoms. The fourth-order valence-electron chi connectivity index (χ4n) is 2.09. The van der Waals surface area contributed by atoms with Crippen molar-refractivity contribution in [1.29, 1.82) is 0 Å². The van der Waals surface area contributed by atoms with E-state index in [2.05, 4.69) is 4.98 Å². The van der Waals surface area contributed by atoms with Gasteiger partial charge in [-0.1, -0.05) is 42.5 Å². The normalized spacial score (nSPS) is 10.7. The number of aryl methyl sites for hydroxylation is 1. The van der Waals surface area contributed by atoms with Gasteiger partial charge >= 0.3 is 5.97 Å². The fourth-order valence-corrected chi connectivity index (χ4v) is 2.97. The average molecular weight is 297 g/mol. The molecule has 1 heterocycles. The van der Waals surface area contributed by atoms with E-state index in [-0.39, 0.29) is 12.6 Å². The van der Waals surface area contributed by atoms with Crippen LogP contribution in [0.4, 0.5) is 0 Å². The number of aromatic nitrogens is 1. The maximum atomic E-state index is 11.8. The zero-order valence-electron chi connectivity index (χ0n) is 11.5. The van der Waals surface area contributed by atoms with Gasteiger partial charge < -0.3 is 4.74 Å². The zero-order valence-corrected chi connectivity index (χ0v) is 12.3. The number of ether oxygens (including phenoxy) is 1. The number of carbonyl (C=O) groups excluding carboxylic acids is 1. The molecule has 0 aliphatic rings. The van der Waals surface area contributed by atoms with E-state index < -0.39 is 0 Å². The van der Waals surface area contributed by atoms with Crippen LogP contribution in [0.5, 0.6) is 0 Å². The second-order valence-electron chi connectivity index (χ2n) is 4.72. The molecule has 0 amide bonds. The molecule has 0 radical (unpaired) electrons. The minimum Gasteiger partial charge on any atom is -0.458 e. The second-order valence-corrected chi connectivity index (χ2v) is 5.84. The van der Waals surface area contributed by atoms with Crippen LogP contribution in [0.1, 0.15) is 17.0 Å². The van der Waals surface area contributed by atoms with Crippen molar-refractivity contribution >= 4 is 27.5 Å². The molecule has 3 rings (SSSR count). The SMILES string of the molecule is O=C(CCc1ccccc1)OCc1nc2ccccc2s1. The molecular formula is C17H15NO2S. The third kappa shape index (κ3) is 3.67. The van der Waals surface area contributed by atoms with Gasteiger partial charge in [0, 0.05) is 6.42 Å². The van der Waals surface area contributed by atoms with Crippen molar-refractivity contribution in [2.45, 2.75) is 19.4 Å². The summed E-state index contributed by atoms with van der Waals surface area (Å²) in [6.07, 6.45) is 1.11. The van der Waals surface area contributed by atoms with Gasteiger partial charge in [0.05, 0.1) is 10.2 Å². The van der Waals surface area contributed by atoms with Gasteiger partial charge in [-0.3, -0.25) is 4.79 Å². The molecule has 3 aromatic rings. The number of esters is 1. The topological polar surface area (TPSA) is 39.2 Å². The fraction of sp³-hybridized carbons (Fsp3) is 0.176. The highest BCUT2D eigenvalue weighted by Crippen LogP contribution is 2.22. The van der Waals surface area contributed by atoms with Gasteiger partial charge in [-0.15, -0.1) is 11.3 Å². The summed E-state index contributed by atoms with van der Waals surface area (Å²) in [6.45, 7) is 0.257. The van der Waals surface area contributed by atoms with Crippen LogP contribution in [-0.4, -0.2) is 11.0 Å². The lowest BCUT2D eigenvalue weighted by molar-refractivity contribution is -0.144. The molecule has 21 heavy (non-hydrogen) atoms. The summed E-state index contributed by atoms with van der Waals surface area (Å²) in [5, 5.41) is 0.837. The van der Waals surface area contributed by atoms with Gasteiger partial charge in [0.2, 0.25) is 0 Å². The lowest BCUT2D eigenvalue weighted by atomic mass is 10.1. The minimum absolute atomic E-state index is 0.182. The van der Waals surface area contributed by atoms with E-state index in [4.69, 9.17) is 4.74 Å². The molecule has 106 valence electrons. The Morgan fingerprint density at radius 1 is 1.05 bits per heavy atom. The maximum absolute atomic E-state index is 11.8. The largest absolute Gasteiger partial charge is 0.458 e. The van der Waals surface area contributed by atoms with Crippen LogP contribution in [-0.2, 0) is 22.6 Å². The molecule has 1 aromatic heterocycles. The highest BCUT2D eigenvalue weighted by atomic mass is 32.1. The predicted molar refractivity (Wildman–Crippen MR) is 84.2 cm³/mol. The number of nitrogens with zero attached hydrogens (tertiary/aromatic N) is 1. The van der Waals surface area contributed by atoms with Gasteiger partial charge in [-0.05, 0) is 24.1 Å². The molecule has 0 unspecified atom stereocenters. The van der Waals surface area contributed by atoms with Crippen LogP contribution in [0.15, 0.2) is 54.6 Å². The third-order valence-electron chi connectivity index (χ3n) is 3.16. The Hall–Kier alpha value is -2.20. The number of benzene rings is 2. The van der Waals surface area contributed by atoms with E-state index in [1.54, 1.807) is 11.3 Å². The number of hydrogen-bond donors (Lipinski definition) is 0. The van der Waals surface area contributed by atoms with Crippen LogP contribution in [0, 0.1) is 0 Å². The molecule has 2 aromatic carbocycles. The first kappa shape index (κ1) is 13.8. The lowest BCUT2D eigenvalue weighted by Gasteiger charge is -2.02. The Balaban J connectivity index is 1.51. The van der Waals surface area contributed by atoms with Crippen molar-refractivity contribution in [2.24, 2.45) is 0 Å². The first-order valence-corrected chi connectivity index (χ1v) is 7.67. The lowest BCUT2D eigenvalue weighted by Crippen LogP contribution is -2.05. The van der Waals surface area contributed by atoms with Crippen molar-refractivity contribution in [2.75, 3.05) is 0 Å². The molecule has 4 heteroatoms. The van der Waals surface area contributed by atoms with E-state index in [1.807, 2.05) is 54.6 Å². The van der Waals surface area contributed by atoms with Crippen LogP contribution >= 0.6 is 11.3 Å². The van der Waals surface area contributed by atoms with Gasteiger partial charge in [-0.25, -0.2) is 4.98 Å². The summed E-state index contributed by atoms with van der Waals surface area (Å²) in [6, 6.07) is 17.9. The number of fused-ring (bicyclic) bond motifs is 1. The number of thiazole rings is 1. The van der Waals surface area contributed by atoms with E-state index in [0.29, 0.717) is 12.8 Å². The van der Waals surface area contributed by atoms with Crippen LogP contribution in [0.25, 0.3) is 10.2 Å². The highest BCUT2D eigenvalue weighted by Gasteiger charge is 2.07. The molecule has 0 N–H and O–H groups in total. The van der Waals surface area contributed by atoms with Gasteiger partial charge in [0.25, 0.3) is 0 Å². The Morgan fingerprint density at radius 3 is 2.62 bits per heavy atom. The zero-order chi connectivity index (χ0) is 14.5. The van der Waals surface area contributed by atoms with Crippen molar-refractivity contribution in [1.82, 2.24) is 4.98 Å². The molecule has 0 spiro atoms. The highest BCUT2D eigenvalue weighted by molar-refractivity contribution is 7.18. The van der Waals surface area contributed by atoms with E-state index in [0.717, 1.165) is 20.8 Å². The minimum atomic E-state index is -0.182.